The van der Waals surface area contributed by atoms with E-state index in [1.54, 1.807) is 12.4 Å². The molecular weight excluding hydrogens is 278 g/mol. The highest BCUT2D eigenvalue weighted by Gasteiger charge is 2.27. The molecule has 2 aromatic rings. The number of aromatic nitrogens is 3. The Bertz CT molecular complexity index is 620. The van der Waals surface area contributed by atoms with Crippen molar-refractivity contribution in [3.8, 4) is 0 Å². The summed E-state index contributed by atoms with van der Waals surface area (Å²) in [7, 11) is 2.11. The number of H-pyrrole nitrogens is 1. The monoisotopic (exact) mass is 301 g/mol. The Labute approximate surface area is 130 Å². The van der Waals surface area contributed by atoms with E-state index in [1.807, 2.05) is 11.0 Å². The highest BCUT2D eigenvalue weighted by Crippen LogP contribution is 2.16. The van der Waals surface area contributed by atoms with Gasteiger partial charge in [0, 0.05) is 38.2 Å². The normalized spacial score (nSPS) is 18.9. The maximum atomic E-state index is 12.5. The van der Waals surface area contributed by atoms with Crippen LogP contribution in [0.3, 0.4) is 0 Å². The number of carbonyl (C=O) groups is 1. The summed E-state index contributed by atoms with van der Waals surface area (Å²) in [6.07, 6.45) is 5.72. The van der Waals surface area contributed by atoms with Gasteiger partial charge in [0.25, 0.3) is 0 Å². The minimum absolute atomic E-state index is 0.224. The van der Waals surface area contributed by atoms with Crippen molar-refractivity contribution in [1.82, 2.24) is 24.8 Å². The van der Waals surface area contributed by atoms with Crippen LogP contribution in [0.15, 0.2) is 18.5 Å². The minimum Gasteiger partial charge on any atom is -0.341 e. The topological polar surface area (TPSA) is 65.1 Å². The third kappa shape index (κ3) is 3.11. The van der Waals surface area contributed by atoms with Crippen LogP contribution in [-0.4, -0.2) is 63.4 Å². The van der Waals surface area contributed by atoms with Crippen LogP contribution in [0.2, 0.25) is 0 Å². The molecule has 1 aliphatic rings. The molecule has 0 spiro atoms. The third-order valence-electron chi connectivity index (χ3n) is 4.38. The van der Waals surface area contributed by atoms with Crippen molar-refractivity contribution in [3.05, 3.63) is 24.3 Å². The van der Waals surface area contributed by atoms with Crippen LogP contribution in [0, 0.1) is 0 Å². The summed E-state index contributed by atoms with van der Waals surface area (Å²) < 4.78 is 0. The molecule has 3 rings (SSSR count). The third-order valence-corrected chi connectivity index (χ3v) is 4.38. The van der Waals surface area contributed by atoms with Gasteiger partial charge in [-0.3, -0.25) is 9.78 Å². The van der Waals surface area contributed by atoms with Crippen molar-refractivity contribution in [3.63, 3.8) is 0 Å². The fourth-order valence-electron chi connectivity index (χ4n) is 3.20. The SMILES string of the molecule is CCN(C(=O)CCc1nc2ccncc2[nH]1)C1CCN(C)C1. The quantitative estimate of drug-likeness (QED) is 0.907. The van der Waals surface area contributed by atoms with E-state index in [4.69, 9.17) is 0 Å². The lowest BCUT2D eigenvalue weighted by atomic mass is 10.2. The number of nitrogens with one attached hydrogen (secondary N) is 1. The zero-order valence-corrected chi connectivity index (χ0v) is 13.2. The zero-order valence-electron chi connectivity index (χ0n) is 13.2. The summed E-state index contributed by atoms with van der Waals surface area (Å²) >= 11 is 0. The van der Waals surface area contributed by atoms with Crippen molar-refractivity contribution in [2.75, 3.05) is 26.7 Å². The number of hydrogen-bond acceptors (Lipinski definition) is 4. The molecule has 0 aromatic carbocycles. The Kier molecular flexibility index (Phi) is 4.38. The number of amides is 1. The Balaban J connectivity index is 1.60. The van der Waals surface area contributed by atoms with Crippen LogP contribution in [-0.2, 0) is 11.2 Å². The number of imidazole rings is 1. The molecule has 1 saturated heterocycles. The molecule has 0 saturated carbocycles. The number of nitrogens with zero attached hydrogens (tertiary/aromatic N) is 4. The fourth-order valence-corrected chi connectivity index (χ4v) is 3.20. The molecule has 118 valence electrons. The second-order valence-corrected chi connectivity index (χ2v) is 5.96. The molecular formula is C16H23N5O. The van der Waals surface area contributed by atoms with Gasteiger partial charge in [0.15, 0.2) is 0 Å². The summed E-state index contributed by atoms with van der Waals surface area (Å²) in [5.41, 5.74) is 1.83. The van der Waals surface area contributed by atoms with Crippen LogP contribution in [0.5, 0.6) is 0 Å². The molecule has 0 aliphatic carbocycles. The number of hydrogen-bond donors (Lipinski definition) is 1. The van der Waals surface area contributed by atoms with Gasteiger partial charge in [-0.05, 0) is 33.0 Å². The molecule has 1 aliphatic heterocycles. The predicted molar refractivity (Wildman–Crippen MR) is 85.5 cm³/mol. The van der Waals surface area contributed by atoms with Crippen molar-refractivity contribution in [2.24, 2.45) is 0 Å². The van der Waals surface area contributed by atoms with Crippen LogP contribution >= 0.6 is 0 Å². The van der Waals surface area contributed by atoms with Gasteiger partial charge in [-0.15, -0.1) is 0 Å². The molecule has 1 amide bonds. The predicted octanol–water partition coefficient (Wildman–Crippen LogP) is 1.44. The van der Waals surface area contributed by atoms with Crippen molar-refractivity contribution in [2.45, 2.75) is 32.2 Å². The van der Waals surface area contributed by atoms with Crippen LogP contribution in [0.4, 0.5) is 0 Å². The smallest absolute Gasteiger partial charge is 0.223 e. The van der Waals surface area contributed by atoms with Crippen molar-refractivity contribution in [1.29, 1.82) is 0 Å². The summed E-state index contributed by atoms with van der Waals surface area (Å²) in [5, 5.41) is 0. The Morgan fingerprint density at radius 3 is 3.09 bits per heavy atom. The molecule has 0 bridgehead atoms. The second-order valence-electron chi connectivity index (χ2n) is 5.96. The minimum atomic E-state index is 0.224. The molecule has 6 heteroatoms. The highest BCUT2D eigenvalue weighted by molar-refractivity contribution is 5.77. The molecule has 2 aromatic heterocycles. The largest absolute Gasteiger partial charge is 0.341 e. The van der Waals surface area contributed by atoms with Gasteiger partial charge in [0.2, 0.25) is 5.91 Å². The summed E-state index contributed by atoms with van der Waals surface area (Å²) in [4.78, 5) is 28.6. The van der Waals surface area contributed by atoms with Gasteiger partial charge in [0.1, 0.15) is 5.82 Å². The van der Waals surface area contributed by atoms with E-state index in [-0.39, 0.29) is 5.91 Å². The first-order valence-electron chi connectivity index (χ1n) is 7.94. The zero-order chi connectivity index (χ0) is 15.5. The van der Waals surface area contributed by atoms with Crippen LogP contribution in [0.1, 0.15) is 25.6 Å². The lowest BCUT2D eigenvalue weighted by molar-refractivity contribution is -0.133. The molecule has 1 fully saturated rings. The van der Waals surface area contributed by atoms with Crippen LogP contribution in [0.25, 0.3) is 11.0 Å². The van der Waals surface area contributed by atoms with E-state index in [1.165, 1.54) is 0 Å². The molecule has 0 radical (unpaired) electrons. The summed E-state index contributed by atoms with van der Waals surface area (Å²) in [5.74, 6) is 1.08. The molecule has 6 nitrogen and oxygen atoms in total. The fraction of sp³-hybridized carbons (Fsp3) is 0.562. The average Bonchev–Trinajstić information content (AvgIpc) is 3.12. The van der Waals surface area contributed by atoms with E-state index in [9.17, 15) is 4.79 Å². The van der Waals surface area contributed by atoms with Gasteiger partial charge >= 0.3 is 0 Å². The number of pyridine rings is 1. The number of carbonyl (C=O) groups excluding carboxylic acids is 1. The first-order valence-corrected chi connectivity index (χ1v) is 7.94. The first-order chi connectivity index (χ1) is 10.7. The van der Waals surface area contributed by atoms with E-state index in [0.29, 0.717) is 18.9 Å². The molecule has 3 heterocycles. The molecule has 1 atom stereocenters. The van der Waals surface area contributed by atoms with E-state index in [0.717, 1.165) is 42.9 Å². The second kappa shape index (κ2) is 6.44. The van der Waals surface area contributed by atoms with Gasteiger partial charge in [-0.25, -0.2) is 4.98 Å². The Morgan fingerprint density at radius 2 is 2.41 bits per heavy atom. The Morgan fingerprint density at radius 1 is 1.55 bits per heavy atom. The standard InChI is InChI=1S/C16H23N5O/c1-3-21(12-7-9-20(2)11-12)16(22)5-4-15-18-13-6-8-17-10-14(13)19-15/h6,8,10,12H,3-5,7,9,11H2,1-2H3,(H,18,19). The van der Waals surface area contributed by atoms with Crippen molar-refractivity contribution >= 4 is 16.9 Å². The lowest BCUT2D eigenvalue weighted by Gasteiger charge is -2.27. The molecule has 1 unspecified atom stereocenters. The highest BCUT2D eigenvalue weighted by atomic mass is 16.2. The summed E-state index contributed by atoms with van der Waals surface area (Å²) in [6, 6.07) is 2.24. The number of fused-ring (bicyclic) bond motifs is 1. The molecule has 1 N–H and O–H groups in total. The average molecular weight is 301 g/mol. The summed E-state index contributed by atoms with van der Waals surface area (Å²) in [6.45, 7) is 4.89. The van der Waals surface area contributed by atoms with E-state index in [2.05, 4.69) is 33.8 Å². The van der Waals surface area contributed by atoms with Gasteiger partial charge in [-0.1, -0.05) is 0 Å². The lowest BCUT2D eigenvalue weighted by Crippen LogP contribution is -2.41. The number of rotatable bonds is 5. The maximum Gasteiger partial charge on any atom is 0.223 e. The van der Waals surface area contributed by atoms with Gasteiger partial charge in [0.05, 0.1) is 17.2 Å². The number of likely N-dealkylation sites (tertiary alicyclic amines) is 1. The van der Waals surface area contributed by atoms with Crippen molar-refractivity contribution < 1.29 is 4.79 Å². The van der Waals surface area contributed by atoms with E-state index < -0.39 is 0 Å². The first kappa shape index (κ1) is 15.0. The maximum absolute atomic E-state index is 12.5. The molecule has 22 heavy (non-hydrogen) atoms. The van der Waals surface area contributed by atoms with Gasteiger partial charge in [-0.2, -0.15) is 0 Å². The Hall–Kier alpha value is -1.95. The van der Waals surface area contributed by atoms with Crippen LogP contribution < -0.4 is 0 Å². The van der Waals surface area contributed by atoms with Gasteiger partial charge < -0.3 is 14.8 Å². The number of aryl methyl sites for hydroxylation is 1. The van der Waals surface area contributed by atoms with E-state index >= 15 is 0 Å². The number of aromatic amines is 1. The number of likely N-dealkylation sites (N-methyl/N-ethyl adjacent to an activating group) is 2.